The van der Waals surface area contributed by atoms with Gasteiger partial charge >= 0.3 is 0 Å². The van der Waals surface area contributed by atoms with Gasteiger partial charge in [-0.3, -0.25) is 4.90 Å². The van der Waals surface area contributed by atoms with Crippen LogP contribution in [-0.4, -0.2) is 23.4 Å². The Balaban J connectivity index is 1.91. The lowest BCUT2D eigenvalue weighted by Gasteiger charge is -2.33. The van der Waals surface area contributed by atoms with Gasteiger partial charge in [0.05, 0.1) is 0 Å². The molecule has 0 saturated carbocycles. The standard InChI is InChI=1S/C15H21ClFN/c1-11-9-15(17)4-3-14(11)10-18-7-5-13(6-8-18)12(2)16/h3-4,9,12-13H,5-8,10H2,1-2H3. The molecule has 1 fully saturated rings. The van der Waals surface area contributed by atoms with E-state index in [2.05, 4.69) is 11.8 Å². The molecule has 1 unspecified atom stereocenters. The molecule has 0 amide bonds. The van der Waals surface area contributed by atoms with Gasteiger partial charge in [-0.1, -0.05) is 6.07 Å². The number of benzene rings is 1. The fraction of sp³-hybridized carbons (Fsp3) is 0.600. The lowest BCUT2D eigenvalue weighted by Crippen LogP contribution is -2.35. The normalized spacial score (nSPS) is 20.0. The Hall–Kier alpha value is -0.600. The third-order valence-corrected chi connectivity index (χ3v) is 4.34. The first kappa shape index (κ1) is 13.8. The number of halogens is 2. The van der Waals surface area contributed by atoms with Gasteiger partial charge in [0.1, 0.15) is 5.82 Å². The average molecular weight is 270 g/mol. The molecule has 1 aliphatic rings. The molecule has 1 heterocycles. The van der Waals surface area contributed by atoms with Gasteiger partial charge in [-0.2, -0.15) is 0 Å². The minimum atomic E-state index is -0.147. The van der Waals surface area contributed by atoms with Crippen molar-refractivity contribution in [3.63, 3.8) is 0 Å². The number of hydrogen-bond donors (Lipinski definition) is 0. The van der Waals surface area contributed by atoms with Gasteiger partial charge in [-0.05, 0) is 69.0 Å². The molecule has 1 saturated heterocycles. The van der Waals surface area contributed by atoms with Crippen LogP contribution < -0.4 is 0 Å². The second-order valence-electron chi connectivity index (χ2n) is 5.36. The summed E-state index contributed by atoms with van der Waals surface area (Å²) in [5.41, 5.74) is 2.27. The Morgan fingerprint density at radius 1 is 1.39 bits per heavy atom. The van der Waals surface area contributed by atoms with Crippen molar-refractivity contribution in [3.05, 3.63) is 35.1 Å². The van der Waals surface area contributed by atoms with Gasteiger partial charge in [-0.25, -0.2) is 4.39 Å². The fourth-order valence-electron chi connectivity index (χ4n) is 2.65. The summed E-state index contributed by atoms with van der Waals surface area (Å²) in [5.74, 6) is 0.503. The molecule has 1 aromatic carbocycles. The van der Waals surface area contributed by atoms with Crippen molar-refractivity contribution in [2.24, 2.45) is 5.92 Å². The maximum absolute atomic E-state index is 13.0. The zero-order valence-electron chi connectivity index (χ0n) is 11.1. The molecule has 3 heteroatoms. The SMILES string of the molecule is Cc1cc(F)ccc1CN1CCC(C(C)Cl)CC1. The topological polar surface area (TPSA) is 3.24 Å². The maximum Gasteiger partial charge on any atom is 0.123 e. The number of rotatable bonds is 3. The number of alkyl halides is 1. The molecule has 0 spiro atoms. The zero-order valence-corrected chi connectivity index (χ0v) is 11.9. The highest BCUT2D eigenvalue weighted by Gasteiger charge is 2.22. The first-order valence-corrected chi connectivity index (χ1v) is 7.11. The molecule has 0 bridgehead atoms. The maximum atomic E-state index is 13.0. The quantitative estimate of drug-likeness (QED) is 0.751. The van der Waals surface area contributed by atoms with Gasteiger partial charge in [0.15, 0.2) is 0 Å². The lowest BCUT2D eigenvalue weighted by molar-refractivity contribution is 0.176. The Morgan fingerprint density at radius 3 is 2.61 bits per heavy atom. The van der Waals surface area contributed by atoms with Crippen LogP contribution in [-0.2, 0) is 6.54 Å². The Labute approximate surface area is 114 Å². The number of hydrogen-bond acceptors (Lipinski definition) is 1. The summed E-state index contributed by atoms with van der Waals surface area (Å²) in [4.78, 5) is 2.44. The van der Waals surface area contributed by atoms with Crippen molar-refractivity contribution in [1.82, 2.24) is 4.90 Å². The van der Waals surface area contributed by atoms with Crippen molar-refractivity contribution in [1.29, 1.82) is 0 Å². The van der Waals surface area contributed by atoms with Gasteiger partial charge in [-0.15, -0.1) is 11.6 Å². The fourth-order valence-corrected chi connectivity index (χ4v) is 2.90. The minimum absolute atomic E-state index is 0.147. The summed E-state index contributed by atoms with van der Waals surface area (Å²) >= 11 is 6.15. The molecule has 100 valence electrons. The predicted octanol–water partition coefficient (Wildman–Crippen LogP) is 3.97. The predicted molar refractivity (Wildman–Crippen MR) is 74.5 cm³/mol. The lowest BCUT2D eigenvalue weighted by atomic mass is 9.93. The molecule has 1 aliphatic heterocycles. The molecule has 18 heavy (non-hydrogen) atoms. The van der Waals surface area contributed by atoms with E-state index in [1.807, 2.05) is 13.0 Å². The van der Waals surface area contributed by atoms with E-state index in [9.17, 15) is 4.39 Å². The largest absolute Gasteiger partial charge is 0.299 e. The molecule has 0 aromatic heterocycles. The molecular formula is C15H21ClFN. The third-order valence-electron chi connectivity index (χ3n) is 3.98. The van der Waals surface area contributed by atoms with Crippen LogP contribution in [0.1, 0.15) is 30.9 Å². The molecule has 2 rings (SSSR count). The number of piperidine rings is 1. The molecule has 0 N–H and O–H groups in total. The minimum Gasteiger partial charge on any atom is -0.299 e. The molecule has 1 atom stereocenters. The monoisotopic (exact) mass is 269 g/mol. The van der Waals surface area contributed by atoms with Crippen LogP contribution in [0.3, 0.4) is 0 Å². The highest BCUT2D eigenvalue weighted by atomic mass is 35.5. The molecule has 1 aromatic rings. The van der Waals surface area contributed by atoms with Crippen LogP contribution in [0.2, 0.25) is 0 Å². The van der Waals surface area contributed by atoms with E-state index in [0.29, 0.717) is 5.92 Å². The highest BCUT2D eigenvalue weighted by molar-refractivity contribution is 6.20. The Bertz CT molecular complexity index is 397. The molecule has 0 radical (unpaired) electrons. The van der Waals surface area contributed by atoms with Crippen LogP contribution in [0.5, 0.6) is 0 Å². The van der Waals surface area contributed by atoms with E-state index in [0.717, 1.165) is 25.2 Å². The van der Waals surface area contributed by atoms with Crippen LogP contribution in [0.25, 0.3) is 0 Å². The molecule has 1 nitrogen and oxygen atoms in total. The Morgan fingerprint density at radius 2 is 2.06 bits per heavy atom. The van der Waals surface area contributed by atoms with Crippen molar-refractivity contribution >= 4 is 11.6 Å². The van der Waals surface area contributed by atoms with Crippen molar-refractivity contribution in [2.45, 2.75) is 38.6 Å². The average Bonchev–Trinajstić information content (AvgIpc) is 2.33. The second kappa shape index (κ2) is 6.03. The van der Waals surface area contributed by atoms with E-state index in [1.165, 1.54) is 18.4 Å². The zero-order chi connectivity index (χ0) is 13.1. The smallest absolute Gasteiger partial charge is 0.123 e. The number of nitrogens with zero attached hydrogens (tertiary/aromatic N) is 1. The summed E-state index contributed by atoms with van der Waals surface area (Å²) in [6.07, 6.45) is 2.34. The van der Waals surface area contributed by atoms with E-state index < -0.39 is 0 Å². The van der Waals surface area contributed by atoms with E-state index >= 15 is 0 Å². The highest BCUT2D eigenvalue weighted by Crippen LogP contribution is 2.25. The number of likely N-dealkylation sites (tertiary alicyclic amines) is 1. The summed E-state index contributed by atoms with van der Waals surface area (Å²) in [7, 11) is 0. The van der Waals surface area contributed by atoms with Crippen LogP contribution >= 0.6 is 11.6 Å². The van der Waals surface area contributed by atoms with E-state index in [4.69, 9.17) is 11.6 Å². The van der Waals surface area contributed by atoms with Crippen molar-refractivity contribution < 1.29 is 4.39 Å². The summed E-state index contributed by atoms with van der Waals surface area (Å²) < 4.78 is 13.0. The van der Waals surface area contributed by atoms with Crippen LogP contribution in [0, 0.1) is 18.7 Å². The first-order chi connectivity index (χ1) is 8.56. The van der Waals surface area contributed by atoms with Crippen LogP contribution in [0.4, 0.5) is 4.39 Å². The third kappa shape index (κ3) is 3.46. The summed E-state index contributed by atoms with van der Waals surface area (Å²) in [6, 6.07) is 5.07. The number of aryl methyl sites for hydroxylation is 1. The van der Waals surface area contributed by atoms with Gasteiger partial charge in [0, 0.05) is 11.9 Å². The van der Waals surface area contributed by atoms with Crippen molar-refractivity contribution in [3.8, 4) is 0 Å². The second-order valence-corrected chi connectivity index (χ2v) is 6.05. The van der Waals surface area contributed by atoms with E-state index in [1.54, 1.807) is 12.1 Å². The molecular weight excluding hydrogens is 249 g/mol. The summed E-state index contributed by atoms with van der Waals surface area (Å²) in [6.45, 7) is 7.19. The van der Waals surface area contributed by atoms with E-state index in [-0.39, 0.29) is 11.2 Å². The van der Waals surface area contributed by atoms with Gasteiger partial charge < -0.3 is 0 Å². The van der Waals surface area contributed by atoms with Gasteiger partial charge in [0.2, 0.25) is 0 Å². The van der Waals surface area contributed by atoms with Gasteiger partial charge in [0.25, 0.3) is 0 Å². The first-order valence-electron chi connectivity index (χ1n) is 6.67. The Kier molecular flexibility index (Phi) is 4.63. The molecule has 0 aliphatic carbocycles. The van der Waals surface area contributed by atoms with Crippen LogP contribution in [0.15, 0.2) is 18.2 Å². The van der Waals surface area contributed by atoms with Crippen molar-refractivity contribution in [2.75, 3.05) is 13.1 Å². The summed E-state index contributed by atoms with van der Waals surface area (Å²) in [5, 5.41) is 0.278.